The number of allylic oxidation sites excluding steroid dienone is 1. The molecule has 0 aromatic carbocycles. The molecule has 1 aliphatic heterocycles. The van der Waals surface area contributed by atoms with E-state index in [9.17, 15) is 35.7 Å². The summed E-state index contributed by atoms with van der Waals surface area (Å²) in [4.78, 5) is 0. The lowest BCUT2D eigenvalue weighted by molar-refractivity contribution is -0.308. The number of rotatable bonds is 5. The molecule has 7 N–H and O–H groups in total. The maximum Gasteiger partial charge on any atom is 0.187 e. The zero-order chi connectivity index (χ0) is 26.1. The minimum Gasteiger partial charge on any atom is -0.394 e. The van der Waals surface area contributed by atoms with Crippen LogP contribution in [0.4, 0.5) is 0 Å². The van der Waals surface area contributed by atoms with Gasteiger partial charge in [-0.3, -0.25) is 0 Å². The lowest BCUT2D eigenvalue weighted by atomic mass is 9.68. The van der Waals surface area contributed by atoms with Gasteiger partial charge in [0, 0.05) is 5.41 Å². The third-order valence-corrected chi connectivity index (χ3v) is 8.58. The van der Waals surface area contributed by atoms with Crippen LogP contribution in [0.25, 0.3) is 0 Å². The van der Waals surface area contributed by atoms with Crippen molar-refractivity contribution in [2.75, 3.05) is 13.2 Å². The summed E-state index contributed by atoms with van der Waals surface area (Å²) in [6.45, 7) is 6.79. The summed E-state index contributed by atoms with van der Waals surface area (Å²) in [6, 6.07) is 0. The Kier molecular flexibility index (Phi) is 9.22. The van der Waals surface area contributed by atoms with Gasteiger partial charge in [-0.25, -0.2) is 0 Å². The van der Waals surface area contributed by atoms with E-state index < -0.39 is 60.5 Å². The van der Waals surface area contributed by atoms with Gasteiger partial charge in [-0.1, -0.05) is 19.1 Å². The molecule has 0 aromatic heterocycles. The maximum atomic E-state index is 11.2. The lowest BCUT2D eigenvalue weighted by Crippen LogP contribution is -2.59. The second-order valence-electron chi connectivity index (χ2n) is 11.4. The molecule has 2 aliphatic carbocycles. The first-order valence-electron chi connectivity index (χ1n) is 12.7. The van der Waals surface area contributed by atoms with Crippen molar-refractivity contribution in [3.63, 3.8) is 0 Å². The molecule has 9 heteroatoms. The number of hydrogen-bond acceptors (Lipinski definition) is 9. The SMILES string of the molecule is C/C1=C\C[C@H]2[C@H](C(C)(C)O)CC[C@]2(C)[C@@H](O)/C=C(\CO)CC[C@@H]1O[C@@H]1O[C@H](CO)[C@@H](O)[C@H](O)[C@H]1O. The van der Waals surface area contributed by atoms with Crippen LogP contribution in [0.2, 0.25) is 0 Å². The van der Waals surface area contributed by atoms with E-state index in [-0.39, 0.29) is 18.4 Å². The predicted molar refractivity (Wildman–Crippen MR) is 128 cm³/mol. The van der Waals surface area contributed by atoms with Gasteiger partial charge >= 0.3 is 0 Å². The molecular formula is C26H44O9. The number of hydrogen-bond donors (Lipinski definition) is 7. The Hall–Kier alpha value is -0.880. The summed E-state index contributed by atoms with van der Waals surface area (Å²) in [7, 11) is 0. The average molecular weight is 501 g/mol. The highest BCUT2D eigenvalue weighted by Crippen LogP contribution is 2.54. The fraction of sp³-hybridized carbons (Fsp3) is 0.846. The molecule has 35 heavy (non-hydrogen) atoms. The largest absolute Gasteiger partial charge is 0.394 e. The second kappa shape index (κ2) is 11.2. The van der Waals surface area contributed by atoms with Crippen molar-refractivity contribution in [2.45, 2.75) is 108 Å². The molecule has 0 bridgehead atoms. The van der Waals surface area contributed by atoms with E-state index in [0.29, 0.717) is 24.8 Å². The number of aliphatic hydroxyl groups is 7. The Morgan fingerprint density at radius 1 is 1.09 bits per heavy atom. The number of ether oxygens (including phenoxy) is 2. The Labute approximate surface area is 207 Å². The Balaban J connectivity index is 1.91. The molecule has 0 spiro atoms. The van der Waals surface area contributed by atoms with Gasteiger partial charge in [-0.2, -0.15) is 0 Å². The summed E-state index contributed by atoms with van der Waals surface area (Å²) in [6.07, 6.45) is -1.42. The highest BCUT2D eigenvalue weighted by atomic mass is 16.7. The van der Waals surface area contributed by atoms with Crippen molar-refractivity contribution in [1.29, 1.82) is 0 Å². The van der Waals surface area contributed by atoms with Crippen molar-refractivity contribution in [2.24, 2.45) is 17.3 Å². The van der Waals surface area contributed by atoms with Crippen LogP contribution in [0.3, 0.4) is 0 Å². The molecular weight excluding hydrogens is 456 g/mol. The predicted octanol–water partition coefficient (Wildman–Crippen LogP) is 0.385. The lowest BCUT2D eigenvalue weighted by Gasteiger charge is -2.41. The molecule has 1 saturated carbocycles. The molecule has 2 fully saturated rings. The Bertz CT molecular complexity index is 773. The standard InChI is InChI=1S/C26H44O9/c1-14-5-7-17-16(25(2,3)33)9-10-26(17,4)20(29)11-15(12-27)6-8-18(14)34-24-23(32)22(31)21(30)19(13-28)35-24/h5,11,16-24,27-33H,6-10,12-13H2,1-4H3/b14-5+,15-11-/t16-,17+,18+,19-,20+,21-,22+,23-,24-,26+/m1/s1. The van der Waals surface area contributed by atoms with Gasteiger partial charge in [0.05, 0.1) is 31.0 Å². The normalized spacial score (nSPS) is 46.7. The van der Waals surface area contributed by atoms with Gasteiger partial charge in [0.15, 0.2) is 6.29 Å². The van der Waals surface area contributed by atoms with Crippen molar-refractivity contribution in [3.8, 4) is 0 Å². The molecule has 3 aliphatic rings. The van der Waals surface area contributed by atoms with Crippen molar-refractivity contribution >= 4 is 0 Å². The fourth-order valence-electron chi connectivity index (χ4n) is 6.09. The topological polar surface area (TPSA) is 160 Å². The zero-order valence-corrected chi connectivity index (χ0v) is 21.2. The van der Waals surface area contributed by atoms with Gasteiger partial charge < -0.3 is 45.2 Å². The Morgan fingerprint density at radius 2 is 1.77 bits per heavy atom. The number of fused-ring (bicyclic) bond motifs is 1. The van der Waals surface area contributed by atoms with E-state index in [2.05, 4.69) is 0 Å². The van der Waals surface area contributed by atoms with Gasteiger partial charge in [-0.05, 0) is 75.9 Å². The number of aliphatic hydroxyl groups excluding tert-OH is 6. The van der Waals surface area contributed by atoms with Crippen LogP contribution < -0.4 is 0 Å². The van der Waals surface area contributed by atoms with E-state index in [1.165, 1.54) is 0 Å². The summed E-state index contributed by atoms with van der Waals surface area (Å²) in [5, 5.41) is 72.2. The van der Waals surface area contributed by atoms with Crippen LogP contribution in [0.1, 0.15) is 59.8 Å². The molecule has 202 valence electrons. The van der Waals surface area contributed by atoms with Gasteiger partial charge in [0.2, 0.25) is 0 Å². The van der Waals surface area contributed by atoms with Crippen LogP contribution in [0.15, 0.2) is 23.3 Å². The highest BCUT2D eigenvalue weighted by molar-refractivity contribution is 5.17. The second-order valence-corrected chi connectivity index (χ2v) is 11.4. The van der Waals surface area contributed by atoms with Crippen molar-refractivity contribution in [3.05, 3.63) is 23.3 Å². The highest BCUT2D eigenvalue weighted by Gasteiger charge is 2.52. The van der Waals surface area contributed by atoms with Crippen LogP contribution in [0, 0.1) is 17.3 Å². The molecule has 3 rings (SSSR count). The summed E-state index contributed by atoms with van der Waals surface area (Å²) >= 11 is 0. The molecule has 0 unspecified atom stereocenters. The molecule has 0 amide bonds. The minimum atomic E-state index is -1.53. The summed E-state index contributed by atoms with van der Waals surface area (Å²) in [5.74, 6) is -0.0441. The van der Waals surface area contributed by atoms with Crippen LogP contribution >= 0.6 is 0 Å². The monoisotopic (exact) mass is 500 g/mol. The first-order valence-corrected chi connectivity index (χ1v) is 12.7. The summed E-state index contributed by atoms with van der Waals surface area (Å²) in [5.41, 5.74) is 0.139. The van der Waals surface area contributed by atoms with E-state index in [1.807, 2.05) is 19.9 Å². The van der Waals surface area contributed by atoms with Gasteiger partial charge in [0.1, 0.15) is 24.4 Å². The van der Waals surface area contributed by atoms with Crippen molar-refractivity contribution < 1.29 is 45.2 Å². The first kappa shape index (κ1) is 28.7. The third-order valence-electron chi connectivity index (χ3n) is 8.58. The summed E-state index contributed by atoms with van der Waals surface area (Å²) < 4.78 is 11.6. The average Bonchev–Trinajstić information content (AvgIpc) is 3.15. The molecule has 1 heterocycles. The maximum absolute atomic E-state index is 11.2. The molecule has 9 nitrogen and oxygen atoms in total. The van der Waals surface area contributed by atoms with Crippen LogP contribution in [-0.4, -0.2) is 97.5 Å². The van der Waals surface area contributed by atoms with E-state index in [0.717, 1.165) is 18.4 Å². The zero-order valence-electron chi connectivity index (χ0n) is 21.2. The first-order chi connectivity index (χ1) is 16.3. The smallest absolute Gasteiger partial charge is 0.187 e. The van der Waals surface area contributed by atoms with Gasteiger partial charge in [0.25, 0.3) is 0 Å². The van der Waals surface area contributed by atoms with E-state index in [1.54, 1.807) is 19.9 Å². The Morgan fingerprint density at radius 3 is 2.37 bits per heavy atom. The molecule has 0 aromatic rings. The van der Waals surface area contributed by atoms with Gasteiger partial charge in [-0.15, -0.1) is 0 Å². The molecule has 0 radical (unpaired) electrons. The van der Waals surface area contributed by atoms with Crippen LogP contribution in [0.5, 0.6) is 0 Å². The van der Waals surface area contributed by atoms with Crippen molar-refractivity contribution in [1.82, 2.24) is 0 Å². The van der Waals surface area contributed by atoms with E-state index >= 15 is 0 Å². The molecule has 10 atom stereocenters. The third kappa shape index (κ3) is 6.00. The fourth-order valence-corrected chi connectivity index (χ4v) is 6.09. The quantitative estimate of drug-likeness (QED) is 0.265. The minimum absolute atomic E-state index is 0.0188. The van der Waals surface area contributed by atoms with Crippen LogP contribution in [-0.2, 0) is 9.47 Å². The van der Waals surface area contributed by atoms with E-state index in [4.69, 9.17) is 9.47 Å². The molecule has 1 saturated heterocycles.